The molecule has 0 atom stereocenters. The molecule has 3 rings (SSSR count). The predicted octanol–water partition coefficient (Wildman–Crippen LogP) is 0.959. The molecule has 1 aromatic rings. The molecule has 7 heteroatoms. The van der Waals surface area contributed by atoms with Gasteiger partial charge in [-0.25, -0.2) is 0 Å². The standard InChI is InChI=1S/C19H28N4O3/c20-19(7-1-2-8-19)18(25)22-16-5-3-15(4-6-16)17(24)21-9-10-23-11-13-26-14-12-23/h3-6H,1-2,7-14,20H2,(H,21,24)(H,22,25). The summed E-state index contributed by atoms with van der Waals surface area (Å²) in [5, 5.41) is 5.79. The van der Waals surface area contributed by atoms with Crippen LogP contribution >= 0.6 is 0 Å². The highest BCUT2D eigenvalue weighted by atomic mass is 16.5. The highest BCUT2D eigenvalue weighted by Gasteiger charge is 2.36. The monoisotopic (exact) mass is 360 g/mol. The first-order chi connectivity index (χ1) is 12.6. The second-order valence-corrected chi connectivity index (χ2v) is 7.10. The van der Waals surface area contributed by atoms with E-state index in [1.165, 1.54) is 0 Å². The summed E-state index contributed by atoms with van der Waals surface area (Å²) >= 11 is 0. The van der Waals surface area contributed by atoms with Gasteiger partial charge in [-0.1, -0.05) is 12.8 Å². The van der Waals surface area contributed by atoms with E-state index in [4.69, 9.17) is 10.5 Å². The van der Waals surface area contributed by atoms with Gasteiger partial charge in [0.2, 0.25) is 5.91 Å². The van der Waals surface area contributed by atoms with E-state index in [1.807, 2.05) is 0 Å². The number of anilines is 1. The van der Waals surface area contributed by atoms with Crippen LogP contribution in [0.5, 0.6) is 0 Å². The Hall–Kier alpha value is -1.96. The van der Waals surface area contributed by atoms with Crippen molar-refractivity contribution >= 4 is 17.5 Å². The highest BCUT2D eigenvalue weighted by Crippen LogP contribution is 2.28. The van der Waals surface area contributed by atoms with Crippen LogP contribution in [0, 0.1) is 0 Å². The Labute approximate surface area is 154 Å². The maximum atomic E-state index is 12.3. The Balaban J connectivity index is 1.45. The molecule has 7 nitrogen and oxygen atoms in total. The molecule has 0 bridgehead atoms. The van der Waals surface area contributed by atoms with Crippen molar-refractivity contribution in [2.75, 3.05) is 44.7 Å². The molecule has 1 saturated carbocycles. The lowest BCUT2D eigenvalue weighted by atomic mass is 9.98. The third kappa shape index (κ3) is 4.81. The second-order valence-electron chi connectivity index (χ2n) is 7.10. The molecule has 0 aromatic heterocycles. The van der Waals surface area contributed by atoms with E-state index < -0.39 is 5.54 Å². The van der Waals surface area contributed by atoms with Crippen LogP contribution in [0.25, 0.3) is 0 Å². The van der Waals surface area contributed by atoms with Crippen LogP contribution in [0.2, 0.25) is 0 Å². The Morgan fingerprint density at radius 1 is 1.12 bits per heavy atom. The predicted molar refractivity (Wildman–Crippen MR) is 100 cm³/mol. The minimum Gasteiger partial charge on any atom is -0.379 e. The van der Waals surface area contributed by atoms with Crippen molar-refractivity contribution in [1.29, 1.82) is 0 Å². The van der Waals surface area contributed by atoms with Gasteiger partial charge in [0.25, 0.3) is 5.91 Å². The molecule has 142 valence electrons. The van der Waals surface area contributed by atoms with Crippen LogP contribution in [0.15, 0.2) is 24.3 Å². The number of morpholine rings is 1. The Kier molecular flexibility index (Phi) is 6.24. The topological polar surface area (TPSA) is 96.7 Å². The fourth-order valence-corrected chi connectivity index (χ4v) is 3.45. The smallest absolute Gasteiger partial charge is 0.251 e. The lowest BCUT2D eigenvalue weighted by Gasteiger charge is -2.26. The van der Waals surface area contributed by atoms with Crippen LogP contribution in [0.4, 0.5) is 5.69 Å². The summed E-state index contributed by atoms with van der Waals surface area (Å²) in [5.74, 6) is -0.250. The van der Waals surface area contributed by atoms with Gasteiger partial charge in [-0.05, 0) is 37.1 Å². The van der Waals surface area contributed by atoms with Gasteiger partial charge in [-0.2, -0.15) is 0 Å². The molecule has 1 aromatic carbocycles. The van der Waals surface area contributed by atoms with Crippen LogP contribution in [0.3, 0.4) is 0 Å². The third-order valence-electron chi connectivity index (χ3n) is 5.17. The first-order valence-corrected chi connectivity index (χ1v) is 9.35. The number of hydrogen-bond acceptors (Lipinski definition) is 5. The molecule has 0 radical (unpaired) electrons. The number of hydrogen-bond donors (Lipinski definition) is 3. The molecular weight excluding hydrogens is 332 g/mol. The maximum Gasteiger partial charge on any atom is 0.251 e. The number of benzene rings is 1. The Morgan fingerprint density at radius 3 is 2.42 bits per heavy atom. The molecule has 1 saturated heterocycles. The van der Waals surface area contributed by atoms with E-state index in [0.29, 0.717) is 17.8 Å². The lowest BCUT2D eigenvalue weighted by molar-refractivity contribution is -0.121. The number of rotatable bonds is 6. The van der Waals surface area contributed by atoms with Crippen LogP contribution < -0.4 is 16.4 Å². The minimum atomic E-state index is -0.754. The quantitative estimate of drug-likeness (QED) is 0.702. The van der Waals surface area contributed by atoms with E-state index in [9.17, 15) is 9.59 Å². The molecule has 2 amide bonds. The molecule has 0 unspecified atom stereocenters. The number of nitrogens with one attached hydrogen (secondary N) is 2. The van der Waals surface area contributed by atoms with Crippen molar-refractivity contribution in [3.63, 3.8) is 0 Å². The molecule has 0 spiro atoms. The van der Waals surface area contributed by atoms with E-state index in [1.54, 1.807) is 24.3 Å². The second kappa shape index (κ2) is 8.62. The van der Waals surface area contributed by atoms with Gasteiger partial charge < -0.3 is 21.1 Å². The largest absolute Gasteiger partial charge is 0.379 e. The van der Waals surface area contributed by atoms with Crippen LogP contribution in [-0.4, -0.2) is 61.6 Å². The zero-order valence-corrected chi connectivity index (χ0v) is 15.1. The number of nitrogens with zero attached hydrogens (tertiary/aromatic N) is 1. The van der Waals surface area contributed by atoms with Crippen molar-refractivity contribution in [2.24, 2.45) is 5.73 Å². The summed E-state index contributed by atoms with van der Waals surface area (Å²) in [6, 6.07) is 6.93. The minimum absolute atomic E-state index is 0.109. The fraction of sp³-hybridized carbons (Fsp3) is 0.579. The van der Waals surface area contributed by atoms with Gasteiger partial charge in [0.15, 0.2) is 0 Å². The number of nitrogens with two attached hydrogens (primary N) is 1. The third-order valence-corrected chi connectivity index (χ3v) is 5.17. The average Bonchev–Trinajstić information content (AvgIpc) is 3.11. The molecule has 1 heterocycles. The summed E-state index contributed by atoms with van der Waals surface area (Å²) in [4.78, 5) is 26.8. The maximum absolute atomic E-state index is 12.3. The normalized spacial score (nSPS) is 19.9. The lowest BCUT2D eigenvalue weighted by Crippen LogP contribution is -2.48. The van der Waals surface area contributed by atoms with E-state index in [0.717, 1.165) is 58.5 Å². The highest BCUT2D eigenvalue weighted by molar-refractivity contribution is 5.99. The van der Waals surface area contributed by atoms with E-state index in [-0.39, 0.29) is 11.8 Å². The van der Waals surface area contributed by atoms with Crippen LogP contribution in [-0.2, 0) is 9.53 Å². The van der Waals surface area contributed by atoms with Crippen molar-refractivity contribution in [2.45, 2.75) is 31.2 Å². The van der Waals surface area contributed by atoms with Gasteiger partial charge in [-0.3, -0.25) is 14.5 Å². The zero-order chi connectivity index (χ0) is 18.4. The van der Waals surface area contributed by atoms with Crippen molar-refractivity contribution in [3.05, 3.63) is 29.8 Å². The summed E-state index contributed by atoms with van der Waals surface area (Å²) < 4.78 is 5.31. The first kappa shape index (κ1) is 18.8. The zero-order valence-electron chi connectivity index (χ0n) is 15.1. The molecule has 2 fully saturated rings. The molecular formula is C19H28N4O3. The van der Waals surface area contributed by atoms with Crippen molar-refractivity contribution in [1.82, 2.24) is 10.2 Å². The number of ether oxygens (including phenoxy) is 1. The molecule has 1 aliphatic heterocycles. The number of carbonyl (C=O) groups excluding carboxylic acids is 2. The average molecular weight is 360 g/mol. The number of carbonyl (C=O) groups is 2. The van der Waals surface area contributed by atoms with Gasteiger partial charge in [-0.15, -0.1) is 0 Å². The van der Waals surface area contributed by atoms with Gasteiger partial charge >= 0.3 is 0 Å². The Morgan fingerprint density at radius 2 is 1.77 bits per heavy atom. The van der Waals surface area contributed by atoms with Gasteiger partial charge in [0, 0.05) is 37.4 Å². The van der Waals surface area contributed by atoms with E-state index >= 15 is 0 Å². The van der Waals surface area contributed by atoms with Gasteiger partial charge in [0.05, 0.1) is 18.8 Å². The summed E-state index contributed by atoms with van der Waals surface area (Å²) in [6.07, 6.45) is 3.44. The van der Waals surface area contributed by atoms with Crippen molar-refractivity contribution < 1.29 is 14.3 Å². The molecule has 26 heavy (non-hydrogen) atoms. The van der Waals surface area contributed by atoms with Crippen LogP contribution in [0.1, 0.15) is 36.0 Å². The summed E-state index contributed by atoms with van der Waals surface area (Å²) in [6.45, 7) is 4.76. The molecule has 2 aliphatic rings. The molecule has 4 N–H and O–H groups in total. The summed E-state index contributed by atoms with van der Waals surface area (Å²) in [7, 11) is 0. The SMILES string of the molecule is NC1(C(=O)Nc2ccc(C(=O)NCCN3CCOCC3)cc2)CCCC1. The van der Waals surface area contributed by atoms with E-state index in [2.05, 4.69) is 15.5 Å². The van der Waals surface area contributed by atoms with Crippen molar-refractivity contribution in [3.8, 4) is 0 Å². The molecule has 1 aliphatic carbocycles. The number of amides is 2. The Bertz CT molecular complexity index is 620. The first-order valence-electron chi connectivity index (χ1n) is 9.35. The van der Waals surface area contributed by atoms with Gasteiger partial charge in [0.1, 0.15) is 0 Å². The summed E-state index contributed by atoms with van der Waals surface area (Å²) in [5.41, 5.74) is 6.64. The fourth-order valence-electron chi connectivity index (χ4n) is 3.45.